The van der Waals surface area contributed by atoms with E-state index in [1.54, 1.807) is 0 Å². The summed E-state index contributed by atoms with van der Waals surface area (Å²) in [6, 6.07) is 6.18. The molecule has 0 aliphatic heterocycles. The Morgan fingerprint density at radius 1 is 1.47 bits per heavy atom. The highest BCUT2D eigenvalue weighted by Crippen LogP contribution is 2.23. The maximum absolute atomic E-state index is 5.81. The molecule has 0 heterocycles. The fraction of sp³-hybridized carbons (Fsp3) is 0.429. The van der Waals surface area contributed by atoms with Crippen LogP contribution in [0.5, 0.6) is 5.75 Å². The summed E-state index contributed by atoms with van der Waals surface area (Å²) in [5.41, 5.74) is 8.26. The fourth-order valence-corrected chi connectivity index (χ4v) is 1.86. The van der Waals surface area contributed by atoms with Gasteiger partial charge in [-0.15, -0.1) is 0 Å². The van der Waals surface area contributed by atoms with Crippen molar-refractivity contribution in [2.75, 3.05) is 6.61 Å². The molecule has 0 bridgehead atoms. The minimum Gasteiger partial charge on any atom is -0.490 e. The number of hydrogen-bond donors (Lipinski definition) is 1. The van der Waals surface area contributed by atoms with Gasteiger partial charge < -0.3 is 10.5 Å². The van der Waals surface area contributed by atoms with Crippen molar-refractivity contribution in [2.24, 2.45) is 5.73 Å². The van der Waals surface area contributed by atoms with E-state index in [9.17, 15) is 0 Å². The van der Waals surface area contributed by atoms with Crippen molar-refractivity contribution in [3.8, 4) is 5.75 Å². The Bertz CT molecular complexity index is 395. The smallest absolute Gasteiger partial charge is 0.120 e. The largest absolute Gasteiger partial charge is 0.490 e. The van der Waals surface area contributed by atoms with Crippen molar-refractivity contribution in [3.05, 3.63) is 39.9 Å². The number of benzene rings is 1. The van der Waals surface area contributed by atoms with Crippen molar-refractivity contribution in [1.29, 1.82) is 0 Å². The van der Waals surface area contributed by atoms with Crippen LogP contribution in [-0.2, 0) is 6.42 Å². The first-order chi connectivity index (χ1) is 7.99. The topological polar surface area (TPSA) is 35.2 Å². The van der Waals surface area contributed by atoms with Crippen molar-refractivity contribution < 1.29 is 4.74 Å². The molecule has 1 aromatic carbocycles. The van der Waals surface area contributed by atoms with Crippen LogP contribution in [0, 0.1) is 0 Å². The van der Waals surface area contributed by atoms with Gasteiger partial charge in [0, 0.05) is 10.5 Å². The van der Waals surface area contributed by atoms with Gasteiger partial charge in [0.2, 0.25) is 0 Å². The summed E-state index contributed by atoms with van der Waals surface area (Å²) < 4.78 is 6.74. The molecule has 94 valence electrons. The van der Waals surface area contributed by atoms with Crippen LogP contribution in [0.15, 0.2) is 34.3 Å². The zero-order valence-electron chi connectivity index (χ0n) is 10.7. The lowest BCUT2D eigenvalue weighted by Gasteiger charge is -2.10. The Balaban J connectivity index is 2.71. The Morgan fingerprint density at radius 3 is 2.76 bits per heavy atom. The average molecular weight is 298 g/mol. The summed E-state index contributed by atoms with van der Waals surface area (Å²) in [5, 5.41) is 0. The number of rotatable bonds is 5. The van der Waals surface area contributed by atoms with Crippen LogP contribution in [0.1, 0.15) is 26.3 Å². The molecule has 0 aliphatic rings. The highest BCUT2D eigenvalue weighted by molar-refractivity contribution is 9.10. The van der Waals surface area contributed by atoms with E-state index in [0.717, 1.165) is 16.6 Å². The first-order valence-electron chi connectivity index (χ1n) is 5.79. The number of nitrogens with two attached hydrogens (primary N) is 1. The molecule has 1 atom stereocenters. The average Bonchev–Trinajstić information content (AvgIpc) is 2.21. The highest BCUT2D eigenvalue weighted by atomic mass is 79.9. The van der Waals surface area contributed by atoms with E-state index in [4.69, 9.17) is 10.5 Å². The predicted octanol–water partition coefficient (Wildman–Crippen LogP) is 3.68. The third kappa shape index (κ3) is 5.37. The third-order valence-electron chi connectivity index (χ3n) is 2.30. The minimum absolute atomic E-state index is 0.152. The van der Waals surface area contributed by atoms with Gasteiger partial charge in [-0.25, -0.2) is 0 Å². The number of allylic oxidation sites excluding steroid dienone is 1. The maximum Gasteiger partial charge on any atom is 0.120 e. The fourth-order valence-electron chi connectivity index (χ4n) is 1.45. The van der Waals surface area contributed by atoms with Gasteiger partial charge in [-0.3, -0.25) is 0 Å². The van der Waals surface area contributed by atoms with Crippen LogP contribution in [0.4, 0.5) is 0 Å². The Labute approximate surface area is 112 Å². The van der Waals surface area contributed by atoms with E-state index < -0.39 is 0 Å². The Morgan fingerprint density at radius 2 is 2.18 bits per heavy atom. The second-order valence-corrected chi connectivity index (χ2v) is 5.38. The summed E-state index contributed by atoms with van der Waals surface area (Å²) in [5.74, 6) is 0.890. The molecule has 0 fully saturated rings. The summed E-state index contributed by atoms with van der Waals surface area (Å²) in [4.78, 5) is 0. The Hall–Kier alpha value is -0.800. The van der Waals surface area contributed by atoms with Gasteiger partial charge in [-0.1, -0.05) is 21.5 Å². The normalized spacial score (nSPS) is 12.1. The standard InChI is InChI=1S/C14H20BrNO/c1-10(2)6-7-17-13-4-5-14(15)12(9-13)8-11(3)16/h4-6,9,11H,7-8,16H2,1-3H3. The molecule has 0 aliphatic carbocycles. The van der Waals surface area contributed by atoms with E-state index in [-0.39, 0.29) is 6.04 Å². The van der Waals surface area contributed by atoms with E-state index in [1.165, 1.54) is 11.1 Å². The predicted molar refractivity (Wildman–Crippen MR) is 76.4 cm³/mol. The van der Waals surface area contributed by atoms with Crippen LogP contribution in [0.3, 0.4) is 0 Å². The first kappa shape index (κ1) is 14.3. The van der Waals surface area contributed by atoms with Gasteiger partial charge in [0.15, 0.2) is 0 Å². The van der Waals surface area contributed by atoms with Crippen molar-refractivity contribution in [2.45, 2.75) is 33.2 Å². The van der Waals surface area contributed by atoms with Gasteiger partial charge in [-0.2, -0.15) is 0 Å². The highest BCUT2D eigenvalue weighted by Gasteiger charge is 2.04. The van der Waals surface area contributed by atoms with Gasteiger partial charge in [0.1, 0.15) is 12.4 Å². The lowest BCUT2D eigenvalue weighted by atomic mass is 10.1. The van der Waals surface area contributed by atoms with E-state index in [1.807, 2.05) is 25.1 Å². The van der Waals surface area contributed by atoms with E-state index in [0.29, 0.717) is 6.61 Å². The summed E-state index contributed by atoms with van der Waals surface area (Å²) in [6.07, 6.45) is 2.91. The van der Waals surface area contributed by atoms with Crippen molar-refractivity contribution >= 4 is 15.9 Å². The number of halogens is 1. The zero-order chi connectivity index (χ0) is 12.8. The monoisotopic (exact) mass is 297 g/mol. The quantitative estimate of drug-likeness (QED) is 0.842. The number of hydrogen-bond acceptors (Lipinski definition) is 2. The third-order valence-corrected chi connectivity index (χ3v) is 3.07. The summed E-state index contributed by atoms with van der Waals surface area (Å²) >= 11 is 3.53. The van der Waals surface area contributed by atoms with Gasteiger partial charge in [0.05, 0.1) is 0 Å². The molecular formula is C14H20BrNO. The summed E-state index contributed by atoms with van der Waals surface area (Å²) in [7, 11) is 0. The van der Waals surface area contributed by atoms with Crippen molar-refractivity contribution in [3.63, 3.8) is 0 Å². The molecule has 0 amide bonds. The molecule has 1 rings (SSSR count). The van der Waals surface area contributed by atoms with Crippen LogP contribution in [-0.4, -0.2) is 12.6 Å². The van der Waals surface area contributed by atoms with E-state index in [2.05, 4.69) is 35.9 Å². The second kappa shape index (κ2) is 6.82. The molecular weight excluding hydrogens is 278 g/mol. The molecule has 2 N–H and O–H groups in total. The first-order valence-corrected chi connectivity index (χ1v) is 6.58. The molecule has 1 aromatic rings. The molecule has 2 nitrogen and oxygen atoms in total. The van der Waals surface area contributed by atoms with Crippen LogP contribution in [0.2, 0.25) is 0 Å². The SMILES string of the molecule is CC(C)=CCOc1ccc(Br)c(CC(C)N)c1. The molecule has 0 saturated heterocycles. The molecule has 3 heteroatoms. The maximum atomic E-state index is 5.81. The van der Waals surface area contributed by atoms with Crippen LogP contribution >= 0.6 is 15.9 Å². The Kier molecular flexibility index (Phi) is 5.72. The van der Waals surface area contributed by atoms with Crippen LogP contribution in [0.25, 0.3) is 0 Å². The van der Waals surface area contributed by atoms with Gasteiger partial charge in [0.25, 0.3) is 0 Å². The second-order valence-electron chi connectivity index (χ2n) is 4.53. The lowest BCUT2D eigenvalue weighted by molar-refractivity contribution is 0.361. The van der Waals surface area contributed by atoms with Gasteiger partial charge >= 0.3 is 0 Å². The molecule has 0 spiro atoms. The molecule has 0 aromatic heterocycles. The van der Waals surface area contributed by atoms with Gasteiger partial charge in [-0.05, 0) is 57.0 Å². The van der Waals surface area contributed by atoms with E-state index >= 15 is 0 Å². The van der Waals surface area contributed by atoms with Crippen LogP contribution < -0.4 is 10.5 Å². The minimum atomic E-state index is 0.152. The molecule has 0 radical (unpaired) electrons. The lowest BCUT2D eigenvalue weighted by Crippen LogP contribution is -2.18. The zero-order valence-corrected chi connectivity index (χ0v) is 12.3. The molecule has 1 unspecified atom stereocenters. The van der Waals surface area contributed by atoms with Crippen molar-refractivity contribution in [1.82, 2.24) is 0 Å². The summed E-state index contributed by atoms with van der Waals surface area (Å²) in [6.45, 7) is 6.74. The molecule has 0 saturated carbocycles. The molecule has 17 heavy (non-hydrogen) atoms. The number of ether oxygens (including phenoxy) is 1.